The lowest BCUT2D eigenvalue weighted by Crippen LogP contribution is -2.34. The summed E-state index contributed by atoms with van der Waals surface area (Å²) in [4.78, 5) is 14.1. The van der Waals surface area contributed by atoms with Crippen LogP contribution in [0.2, 0.25) is 0 Å². The van der Waals surface area contributed by atoms with Gasteiger partial charge in [-0.25, -0.2) is 4.39 Å². The van der Waals surface area contributed by atoms with Gasteiger partial charge >= 0.3 is 0 Å². The monoisotopic (exact) mass is 412 g/mol. The van der Waals surface area contributed by atoms with E-state index in [1.165, 1.54) is 12.1 Å². The van der Waals surface area contributed by atoms with Crippen LogP contribution in [0.1, 0.15) is 22.0 Å². The average molecular weight is 412 g/mol. The predicted octanol–water partition coefficient (Wildman–Crippen LogP) is 3.46. The van der Waals surface area contributed by atoms with E-state index in [1.54, 1.807) is 18.2 Å². The zero-order chi connectivity index (χ0) is 16.1. The SMILES string of the molecule is CN(C)C(CNC(=O)c1ccc(I)cc1)c1cccc(F)c1. The number of halogens is 2. The van der Waals surface area contributed by atoms with Crippen molar-refractivity contribution in [1.82, 2.24) is 10.2 Å². The van der Waals surface area contributed by atoms with Crippen LogP contribution in [0.25, 0.3) is 0 Å². The van der Waals surface area contributed by atoms with Crippen molar-refractivity contribution in [2.75, 3.05) is 20.6 Å². The summed E-state index contributed by atoms with van der Waals surface area (Å²) in [5.74, 6) is -0.395. The van der Waals surface area contributed by atoms with E-state index in [0.717, 1.165) is 9.13 Å². The highest BCUT2D eigenvalue weighted by atomic mass is 127. The Balaban J connectivity index is 2.06. The predicted molar refractivity (Wildman–Crippen MR) is 94.3 cm³/mol. The fourth-order valence-electron chi connectivity index (χ4n) is 2.21. The zero-order valence-electron chi connectivity index (χ0n) is 12.5. The highest BCUT2D eigenvalue weighted by Gasteiger charge is 2.16. The summed E-state index contributed by atoms with van der Waals surface area (Å²) in [5, 5.41) is 2.91. The van der Waals surface area contributed by atoms with Gasteiger partial charge in [-0.15, -0.1) is 0 Å². The molecule has 0 aliphatic rings. The standard InChI is InChI=1S/C17H18FIN2O/c1-21(2)16(13-4-3-5-14(18)10-13)11-20-17(22)12-6-8-15(19)9-7-12/h3-10,16H,11H2,1-2H3,(H,20,22). The quantitative estimate of drug-likeness (QED) is 0.764. The molecule has 0 aliphatic carbocycles. The van der Waals surface area contributed by atoms with Gasteiger partial charge in [0.15, 0.2) is 0 Å². The van der Waals surface area contributed by atoms with Gasteiger partial charge in [-0.2, -0.15) is 0 Å². The smallest absolute Gasteiger partial charge is 0.251 e. The van der Waals surface area contributed by atoms with E-state index in [4.69, 9.17) is 0 Å². The van der Waals surface area contributed by atoms with Crippen molar-refractivity contribution in [3.05, 3.63) is 69.0 Å². The van der Waals surface area contributed by atoms with Crippen LogP contribution in [0.15, 0.2) is 48.5 Å². The summed E-state index contributed by atoms with van der Waals surface area (Å²) in [6, 6.07) is 13.8. The summed E-state index contributed by atoms with van der Waals surface area (Å²) >= 11 is 2.20. The fourth-order valence-corrected chi connectivity index (χ4v) is 2.56. The first-order chi connectivity index (χ1) is 10.5. The molecule has 0 fully saturated rings. The average Bonchev–Trinajstić information content (AvgIpc) is 2.47. The molecule has 1 unspecified atom stereocenters. The van der Waals surface area contributed by atoms with Gasteiger partial charge in [-0.1, -0.05) is 12.1 Å². The van der Waals surface area contributed by atoms with Crippen molar-refractivity contribution in [2.24, 2.45) is 0 Å². The lowest BCUT2D eigenvalue weighted by Gasteiger charge is -2.25. The number of benzene rings is 2. The van der Waals surface area contributed by atoms with Crippen LogP contribution in [0.3, 0.4) is 0 Å². The number of nitrogens with one attached hydrogen (secondary N) is 1. The van der Waals surface area contributed by atoms with E-state index in [1.807, 2.05) is 37.2 Å². The highest BCUT2D eigenvalue weighted by molar-refractivity contribution is 14.1. The first-order valence-corrected chi connectivity index (χ1v) is 8.01. The number of amides is 1. The van der Waals surface area contributed by atoms with Crippen LogP contribution in [0, 0.1) is 9.39 Å². The number of carbonyl (C=O) groups is 1. The van der Waals surface area contributed by atoms with Crippen molar-refractivity contribution < 1.29 is 9.18 Å². The number of carbonyl (C=O) groups excluding carboxylic acids is 1. The maximum Gasteiger partial charge on any atom is 0.251 e. The molecule has 0 saturated heterocycles. The molecule has 2 aromatic rings. The van der Waals surface area contributed by atoms with Crippen LogP contribution in [-0.2, 0) is 0 Å². The second-order valence-electron chi connectivity index (χ2n) is 5.25. The Hall–Kier alpha value is -1.47. The molecule has 5 heteroatoms. The molecule has 1 amide bonds. The van der Waals surface area contributed by atoms with Crippen molar-refractivity contribution in [3.63, 3.8) is 0 Å². The van der Waals surface area contributed by atoms with Crippen molar-refractivity contribution >= 4 is 28.5 Å². The number of likely N-dealkylation sites (N-methyl/N-ethyl adjacent to an activating group) is 1. The Bertz CT molecular complexity index is 643. The molecule has 0 radical (unpaired) electrons. The summed E-state index contributed by atoms with van der Waals surface area (Å²) in [5.41, 5.74) is 1.46. The van der Waals surface area contributed by atoms with Gasteiger partial charge in [-0.05, 0) is 78.6 Å². The first-order valence-electron chi connectivity index (χ1n) is 6.93. The molecule has 0 heterocycles. The number of hydrogen-bond donors (Lipinski definition) is 1. The number of rotatable bonds is 5. The summed E-state index contributed by atoms with van der Waals surface area (Å²) in [6.45, 7) is 0.418. The summed E-state index contributed by atoms with van der Waals surface area (Å²) in [7, 11) is 3.82. The largest absolute Gasteiger partial charge is 0.350 e. The molecule has 0 aliphatic heterocycles. The van der Waals surface area contributed by atoms with Crippen LogP contribution in [0.4, 0.5) is 4.39 Å². The topological polar surface area (TPSA) is 32.3 Å². The molecule has 0 spiro atoms. The fraction of sp³-hybridized carbons (Fsp3) is 0.235. The van der Waals surface area contributed by atoms with Gasteiger partial charge in [-0.3, -0.25) is 4.79 Å². The van der Waals surface area contributed by atoms with Gasteiger partial charge in [0, 0.05) is 15.7 Å². The number of nitrogens with zero attached hydrogens (tertiary/aromatic N) is 1. The Morgan fingerprint density at radius 3 is 2.50 bits per heavy atom. The Morgan fingerprint density at radius 2 is 1.91 bits per heavy atom. The molecule has 0 bridgehead atoms. The zero-order valence-corrected chi connectivity index (χ0v) is 14.7. The third-order valence-corrected chi connectivity index (χ3v) is 4.14. The lowest BCUT2D eigenvalue weighted by molar-refractivity contribution is 0.0942. The second kappa shape index (κ2) is 7.69. The Kier molecular flexibility index (Phi) is 5.90. The van der Waals surface area contributed by atoms with Gasteiger partial charge in [0.05, 0.1) is 6.04 Å². The molecule has 0 saturated carbocycles. The van der Waals surface area contributed by atoms with Crippen LogP contribution in [0.5, 0.6) is 0 Å². The lowest BCUT2D eigenvalue weighted by atomic mass is 10.1. The van der Waals surface area contributed by atoms with Crippen LogP contribution >= 0.6 is 22.6 Å². The molecule has 1 atom stereocenters. The molecule has 2 aromatic carbocycles. The van der Waals surface area contributed by atoms with E-state index in [0.29, 0.717) is 12.1 Å². The summed E-state index contributed by atoms with van der Waals surface area (Å²) in [6.07, 6.45) is 0. The van der Waals surface area contributed by atoms with Crippen molar-refractivity contribution in [2.45, 2.75) is 6.04 Å². The minimum atomic E-state index is -0.270. The first kappa shape index (κ1) is 16.9. The molecule has 0 aromatic heterocycles. The van der Waals surface area contributed by atoms with E-state index < -0.39 is 0 Å². The van der Waals surface area contributed by atoms with Gasteiger partial charge in [0.25, 0.3) is 5.91 Å². The molecular formula is C17H18FIN2O. The van der Waals surface area contributed by atoms with Crippen molar-refractivity contribution in [1.29, 1.82) is 0 Å². The Morgan fingerprint density at radius 1 is 1.23 bits per heavy atom. The van der Waals surface area contributed by atoms with Gasteiger partial charge in [0.1, 0.15) is 5.82 Å². The van der Waals surface area contributed by atoms with Crippen LogP contribution < -0.4 is 5.32 Å². The molecule has 1 N–H and O–H groups in total. The van der Waals surface area contributed by atoms with Gasteiger partial charge in [0.2, 0.25) is 0 Å². The third kappa shape index (κ3) is 4.51. The number of hydrogen-bond acceptors (Lipinski definition) is 2. The molecule has 3 nitrogen and oxygen atoms in total. The second-order valence-corrected chi connectivity index (χ2v) is 6.50. The van der Waals surface area contributed by atoms with Crippen molar-refractivity contribution in [3.8, 4) is 0 Å². The Labute approximate surface area is 143 Å². The molecule has 22 heavy (non-hydrogen) atoms. The van der Waals surface area contributed by atoms with Crippen LogP contribution in [-0.4, -0.2) is 31.4 Å². The molecule has 2 rings (SSSR count). The molecule has 116 valence electrons. The van der Waals surface area contributed by atoms with E-state index >= 15 is 0 Å². The van der Waals surface area contributed by atoms with E-state index in [-0.39, 0.29) is 17.8 Å². The third-order valence-electron chi connectivity index (χ3n) is 3.42. The normalized spacial score (nSPS) is 12.2. The molecular weight excluding hydrogens is 394 g/mol. The van der Waals surface area contributed by atoms with Gasteiger partial charge < -0.3 is 10.2 Å². The van der Waals surface area contributed by atoms with E-state index in [2.05, 4.69) is 27.9 Å². The van der Waals surface area contributed by atoms with E-state index in [9.17, 15) is 9.18 Å². The summed E-state index contributed by atoms with van der Waals surface area (Å²) < 4.78 is 14.5. The minimum absolute atomic E-state index is 0.0801. The maximum atomic E-state index is 13.4. The highest BCUT2D eigenvalue weighted by Crippen LogP contribution is 2.18. The maximum absolute atomic E-state index is 13.4. The minimum Gasteiger partial charge on any atom is -0.350 e.